The van der Waals surface area contributed by atoms with E-state index in [1.54, 1.807) is 0 Å². The average molecular weight is 450 g/mol. The number of carbonyl (C=O) groups excluding carboxylic acids is 3. The Bertz CT molecular complexity index is 661. The van der Waals surface area contributed by atoms with E-state index in [0.717, 1.165) is 13.8 Å². The maximum Gasteiger partial charge on any atom is 0.411 e. The zero-order chi connectivity index (χ0) is 23.8. The third-order valence-electron chi connectivity index (χ3n) is 2.99. The molecule has 7 nitrogen and oxygen atoms in total. The lowest BCUT2D eigenvalue weighted by atomic mass is 10.0. The molecule has 0 heterocycles. The SMILES string of the molecule is C=CCOCC(=C)C(=O)OCCOC(=O)C(F)(F)C(F)(F)C(F)(F)C(=O)OC(C)C. The van der Waals surface area contributed by atoms with Gasteiger partial charge in [0.25, 0.3) is 0 Å². The molecule has 0 amide bonds. The largest absolute Gasteiger partial charge is 0.459 e. The predicted molar refractivity (Wildman–Crippen MR) is 88.1 cm³/mol. The molecule has 0 aromatic carbocycles. The molecule has 0 N–H and O–H groups in total. The molecule has 0 bridgehead atoms. The lowest BCUT2D eigenvalue weighted by Gasteiger charge is -2.30. The van der Waals surface area contributed by atoms with E-state index in [2.05, 4.69) is 27.4 Å². The zero-order valence-corrected chi connectivity index (χ0v) is 16.0. The van der Waals surface area contributed by atoms with Crippen LogP contribution in [0.2, 0.25) is 0 Å². The second kappa shape index (κ2) is 11.0. The molecule has 0 saturated heterocycles. The lowest BCUT2D eigenvalue weighted by molar-refractivity contribution is -0.302. The van der Waals surface area contributed by atoms with Crippen molar-refractivity contribution in [3.8, 4) is 0 Å². The molecule has 0 unspecified atom stereocenters. The fourth-order valence-corrected chi connectivity index (χ4v) is 1.53. The van der Waals surface area contributed by atoms with Gasteiger partial charge < -0.3 is 18.9 Å². The normalized spacial score (nSPS) is 12.3. The van der Waals surface area contributed by atoms with Gasteiger partial charge in [-0.15, -0.1) is 6.58 Å². The Hall–Kier alpha value is -2.57. The highest BCUT2D eigenvalue weighted by Crippen LogP contribution is 2.47. The number of rotatable bonds is 13. The van der Waals surface area contributed by atoms with Crippen LogP contribution in [0, 0.1) is 0 Å². The van der Waals surface area contributed by atoms with Crippen molar-refractivity contribution >= 4 is 17.9 Å². The molecule has 172 valence electrons. The second-order valence-corrected chi connectivity index (χ2v) is 5.86. The number of hydrogen-bond donors (Lipinski definition) is 0. The van der Waals surface area contributed by atoms with Crippen molar-refractivity contribution in [1.82, 2.24) is 0 Å². The van der Waals surface area contributed by atoms with E-state index >= 15 is 0 Å². The number of alkyl halides is 6. The van der Waals surface area contributed by atoms with Gasteiger partial charge in [-0.25, -0.2) is 14.4 Å². The van der Waals surface area contributed by atoms with Crippen molar-refractivity contribution in [1.29, 1.82) is 0 Å². The number of ether oxygens (including phenoxy) is 4. The first kappa shape index (κ1) is 27.4. The summed E-state index contributed by atoms with van der Waals surface area (Å²) < 4.78 is 98.4. The smallest absolute Gasteiger partial charge is 0.411 e. The Morgan fingerprint density at radius 3 is 1.93 bits per heavy atom. The van der Waals surface area contributed by atoms with Gasteiger partial charge >= 0.3 is 35.7 Å². The van der Waals surface area contributed by atoms with Crippen molar-refractivity contribution in [2.75, 3.05) is 26.4 Å². The Morgan fingerprint density at radius 1 is 0.933 bits per heavy atom. The summed E-state index contributed by atoms with van der Waals surface area (Å²) in [7, 11) is 0. The monoisotopic (exact) mass is 450 g/mol. The van der Waals surface area contributed by atoms with E-state index in [0.29, 0.717) is 0 Å². The zero-order valence-electron chi connectivity index (χ0n) is 16.0. The van der Waals surface area contributed by atoms with Crippen LogP contribution in [0.3, 0.4) is 0 Å². The van der Waals surface area contributed by atoms with Gasteiger partial charge in [-0.2, -0.15) is 26.3 Å². The molecule has 0 aliphatic rings. The molecular weight excluding hydrogens is 430 g/mol. The maximum atomic E-state index is 13.6. The van der Waals surface area contributed by atoms with Crippen LogP contribution in [-0.4, -0.2) is 68.2 Å². The van der Waals surface area contributed by atoms with E-state index in [9.17, 15) is 40.7 Å². The Morgan fingerprint density at radius 2 is 1.43 bits per heavy atom. The minimum Gasteiger partial charge on any atom is -0.459 e. The van der Waals surface area contributed by atoms with Crippen LogP contribution in [0.1, 0.15) is 13.8 Å². The number of carbonyl (C=O) groups is 3. The van der Waals surface area contributed by atoms with Crippen LogP contribution in [0.25, 0.3) is 0 Å². The first-order valence-corrected chi connectivity index (χ1v) is 8.18. The highest BCUT2D eigenvalue weighted by Gasteiger charge is 2.79. The van der Waals surface area contributed by atoms with Gasteiger partial charge in [0.1, 0.15) is 13.2 Å². The second-order valence-electron chi connectivity index (χ2n) is 5.86. The Labute approximate surface area is 167 Å². The molecule has 0 aliphatic heterocycles. The average Bonchev–Trinajstić information content (AvgIpc) is 2.63. The summed E-state index contributed by atoms with van der Waals surface area (Å²) in [6.07, 6.45) is 0.0615. The summed E-state index contributed by atoms with van der Waals surface area (Å²) in [6, 6.07) is 0. The first-order chi connectivity index (χ1) is 13.6. The fraction of sp³-hybridized carbons (Fsp3) is 0.588. The Kier molecular flexibility index (Phi) is 10.1. The summed E-state index contributed by atoms with van der Waals surface area (Å²) in [5.41, 5.74) is -0.205. The molecule has 13 heteroatoms. The lowest BCUT2D eigenvalue weighted by Crippen LogP contribution is -2.62. The van der Waals surface area contributed by atoms with E-state index in [-0.39, 0.29) is 18.8 Å². The molecule has 30 heavy (non-hydrogen) atoms. The molecule has 0 aliphatic carbocycles. The number of halogens is 6. The van der Waals surface area contributed by atoms with Crippen molar-refractivity contribution in [3.63, 3.8) is 0 Å². The summed E-state index contributed by atoms with van der Waals surface area (Å²) in [5.74, 6) is -25.7. The number of hydrogen-bond acceptors (Lipinski definition) is 7. The van der Waals surface area contributed by atoms with Gasteiger partial charge in [-0.3, -0.25) is 0 Å². The minimum absolute atomic E-state index is 0.0859. The minimum atomic E-state index is -6.46. The third kappa shape index (κ3) is 6.75. The molecule has 0 fully saturated rings. The van der Waals surface area contributed by atoms with Gasteiger partial charge in [0.15, 0.2) is 0 Å². The molecule has 0 spiro atoms. The predicted octanol–water partition coefficient (Wildman–Crippen LogP) is 2.69. The van der Waals surface area contributed by atoms with Gasteiger partial charge in [-0.1, -0.05) is 12.7 Å². The van der Waals surface area contributed by atoms with Gasteiger partial charge in [0.05, 0.1) is 24.9 Å². The quantitative estimate of drug-likeness (QED) is 0.106. The van der Waals surface area contributed by atoms with Crippen LogP contribution >= 0.6 is 0 Å². The molecule has 0 aromatic heterocycles. The van der Waals surface area contributed by atoms with E-state index in [4.69, 9.17) is 4.74 Å². The summed E-state index contributed by atoms with van der Waals surface area (Å²) in [4.78, 5) is 33.7. The van der Waals surface area contributed by atoms with Crippen molar-refractivity contribution < 1.29 is 59.7 Å². The number of esters is 3. The van der Waals surface area contributed by atoms with E-state index < -0.39 is 55.0 Å². The van der Waals surface area contributed by atoms with E-state index in [1.807, 2.05) is 0 Å². The summed E-state index contributed by atoms with van der Waals surface area (Å²) in [6.45, 7) is 6.44. The summed E-state index contributed by atoms with van der Waals surface area (Å²) >= 11 is 0. The van der Waals surface area contributed by atoms with Crippen LogP contribution in [-0.2, 0) is 33.3 Å². The first-order valence-electron chi connectivity index (χ1n) is 8.18. The highest BCUT2D eigenvalue weighted by molar-refractivity contribution is 5.88. The van der Waals surface area contributed by atoms with Crippen LogP contribution in [0.4, 0.5) is 26.3 Å². The van der Waals surface area contributed by atoms with Gasteiger partial charge in [0.2, 0.25) is 0 Å². The van der Waals surface area contributed by atoms with Crippen molar-refractivity contribution in [2.24, 2.45) is 0 Å². The van der Waals surface area contributed by atoms with E-state index in [1.165, 1.54) is 6.08 Å². The molecular formula is C17H20F6O7. The van der Waals surface area contributed by atoms with Crippen LogP contribution in [0.5, 0.6) is 0 Å². The van der Waals surface area contributed by atoms with Crippen LogP contribution in [0.15, 0.2) is 24.8 Å². The third-order valence-corrected chi connectivity index (χ3v) is 2.99. The fourth-order valence-electron chi connectivity index (χ4n) is 1.53. The topological polar surface area (TPSA) is 88.1 Å². The van der Waals surface area contributed by atoms with Crippen LogP contribution < -0.4 is 0 Å². The van der Waals surface area contributed by atoms with Gasteiger partial charge in [0, 0.05) is 0 Å². The van der Waals surface area contributed by atoms with Crippen molar-refractivity contribution in [2.45, 2.75) is 37.7 Å². The van der Waals surface area contributed by atoms with Crippen molar-refractivity contribution in [3.05, 3.63) is 24.8 Å². The Balaban J connectivity index is 4.85. The standard InChI is InChI=1S/C17H20F6O7/c1-5-6-27-9-11(4)12(24)28-7-8-29-13(25)15(18,19)17(22,23)16(20,21)14(26)30-10(2)3/h5,10H,1,4,6-9H2,2-3H3. The highest BCUT2D eigenvalue weighted by atomic mass is 19.3. The molecule has 0 rings (SSSR count). The summed E-state index contributed by atoms with van der Waals surface area (Å²) in [5, 5.41) is 0. The molecule has 0 aromatic rings. The molecule has 0 saturated carbocycles. The molecule has 0 atom stereocenters. The molecule has 0 radical (unpaired) electrons. The maximum absolute atomic E-state index is 13.6. The van der Waals surface area contributed by atoms with Gasteiger partial charge in [-0.05, 0) is 13.8 Å².